The molecule has 1 heterocycles. The minimum Gasteiger partial charge on any atom is -0.447 e. The Morgan fingerprint density at radius 2 is 2.09 bits per heavy atom. The topological polar surface area (TPSA) is 58.6 Å². The molecule has 0 atom stereocenters. The van der Waals surface area contributed by atoms with Crippen LogP contribution >= 0.6 is 11.6 Å². The summed E-state index contributed by atoms with van der Waals surface area (Å²) in [6, 6.07) is 7.31. The first-order valence-electron chi connectivity index (χ1n) is 7.31. The van der Waals surface area contributed by atoms with Crippen molar-refractivity contribution < 1.29 is 14.3 Å². The standard InChI is InChI=1S/C17H19ClN2O3/c1-17(2,12-18)15(21)19-9-3-4-13-5-7-14(8-6-13)20-10-11-23-16(20)22/h5-8H,9-12H2,1-2H3,(H,19,21). The zero-order valence-electron chi connectivity index (χ0n) is 13.2. The van der Waals surface area contributed by atoms with Gasteiger partial charge in [-0.05, 0) is 38.1 Å². The van der Waals surface area contributed by atoms with Crippen LogP contribution in [0.25, 0.3) is 0 Å². The highest BCUT2D eigenvalue weighted by molar-refractivity contribution is 6.19. The molecule has 1 aromatic carbocycles. The van der Waals surface area contributed by atoms with Crippen molar-refractivity contribution in [3.05, 3.63) is 29.8 Å². The maximum Gasteiger partial charge on any atom is 0.414 e. The van der Waals surface area contributed by atoms with Crippen molar-refractivity contribution >= 4 is 29.3 Å². The van der Waals surface area contributed by atoms with Crippen molar-refractivity contribution in [2.45, 2.75) is 13.8 Å². The summed E-state index contributed by atoms with van der Waals surface area (Å²) in [5.41, 5.74) is 0.997. The summed E-state index contributed by atoms with van der Waals surface area (Å²) in [5, 5.41) is 2.74. The van der Waals surface area contributed by atoms with E-state index in [9.17, 15) is 9.59 Å². The second-order valence-corrected chi connectivity index (χ2v) is 6.08. The molecule has 0 unspecified atom stereocenters. The van der Waals surface area contributed by atoms with Crippen molar-refractivity contribution in [3.63, 3.8) is 0 Å². The minimum absolute atomic E-state index is 0.121. The third-order valence-corrected chi connectivity index (χ3v) is 4.13. The van der Waals surface area contributed by atoms with Crippen LogP contribution in [-0.2, 0) is 9.53 Å². The van der Waals surface area contributed by atoms with Crippen LogP contribution in [0.2, 0.25) is 0 Å². The number of nitrogens with zero attached hydrogens (tertiary/aromatic N) is 1. The Labute approximate surface area is 140 Å². The fraction of sp³-hybridized carbons (Fsp3) is 0.412. The van der Waals surface area contributed by atoms with Gasteiger partial charge in [-0.3, -0.25) is 9.69 Å². The fourth-order valence-corrected chi connectivity index (χ4v) is 2.04. The molecule has 1 saturated heterocycles. The number of anilines is 1. The summed E-state index contributed by atoms with van der Waals surface area (Å²) in [6.45, 7) is 4.81. The number of nitrogens with one attached hydrogen (secondary N) is 1. The van der Waals surface area contributed by atoms with E-state index >= 15 is 0 Å². The first kappa shape index (κ1) is 17.2. The second kappa shape index (κ2) is 7.38. The number of carbonyl (C=O) groups excluding carboxylic acids is 2. The van der Waals surface area contributed by atoms with Gasteiger partial charge in [-0.2, -0.15) is 0 Å². The zero-order valence-corrected chi connectivity index (χ0v) is 13.9. The number of benzene rings is 1. The lowest BCUT2D eigenvalue weighted by Crippen LogP contribution is -2.38. The molecule has 0 aliphatic carbocycles. The average Bonchev–Trinajstić information content (AvgIpc) is 2.98. The lowest BCUT2D eigenvalue weighted by Gasteiger charge is -2.19. The minimum atomic E-state index is -0.602. The molecular formula is C17H19ClN2O3. The number of alkyl halides is 1. The lowest BCUT2D eigenvalue weighted by molar-refractivity contribution is -0.128. The Balaban J connectivity index is 1.90. The first-order valence-corrected chi connectivity index (χ1v) is 7.85. The third kappa shape index (κ3) is 4.40. The molecular weight excluding hydrogens is 316 g/mol. The second-order valence-electron chi connectivity index (χ2n) is 5.81. The Kier molecular flexibility index (Phi) is 5.51. The van der Waals surface area contributed by atoms with Crippen molar-refractivity contribution in [2.24, 2.45) is 5.41 Å². The largest absolute Gasteiger partial charge is 0.447 e. The van der Waals surface area contributed by atoms with E-state index in [0.717, 1.165) is 11.3 Å². The highest BCUT2D eigenvalue weighted by Crippen LogP contribution is 2.19. The van der Waals surface area contributed by atoms with Crippen LogP contribution in [0.4, 0.5) is 10.5 Å². The number of hydrogen-bond donors (Lipinski definition) is 1. The van der Waals surface area contributed by atoms with Crippen molar-refractivity contribution in [3.8, 4) is 11.8 Å². The number of amides is 2. The molecule has 5 nitrogen and oxygen atoms in total. The van der Waals surface area contributed by atoms with Crippen molar-refractivity contribution in [2.75, 3.05) is 30.5 Å². The monoisotopic (exact) mass is 334 g/mol. The number of ether oxygens (including phenoxy) is 1. The summed E-state index contributed by atoms with van der Waals surface area (Å²) >= 11 is 5.74. The van der Waals surface area contributed by atoms with Gasteiger partial charge in [0.05, 0.1) is 18.5 Å². The summed E-state index contributed by atoms with van der Waals surface area (Å²) < 4.78 is 4.90. The number of halogens is 1. The molecule has 122 valence electrons. The molecule has 1 N–H and O–H groups in total. The molecule has 6 heteroatoms. The maximum atomic E-state index is 11.8. The molecule has 1 aliphatic heterocycles. The van der Waals surface area contributed by atoms with Crippen molar-refractivity contribution in [1.82, 2.24) is 5.32 Å². The predicted molar refractivity (Wildman–Crippen MR) is 89.5 cm³/mol. The summed E-state index contributed by atoms with van der Waals surface area (Å²) in [6.07, 6.45) is -0.326. The van der Waals surface area contributed by atoms with Gasteiger partial charge < -0.3 is 10.1 Å². The number of cyclic esters (lactones) is 1. The van der Waals surface area contributed by atoms with E-state index in [4.69, 9.17) is 16.3 Å². The van der Waals surface area contributed by atoms with Crippen LogP contribution < -0.4 is 10.2 Å². The maximum absolute atomic E-state index is 11.8. The van der Waals surface area contributed by atoms with Gasteiger partial charge in [0.25, 0.3) is 0 Å². The lowest BCUT2D eigenvalue weighted by atomic mass is 9.95. The van der Waals surface area contributed by atoms with Crippen LogP contribution in [0.15, 0.2) is 24.3 Å². The predicted octanol–water partition coefficient (Wildman–Crippen LogP) is 2.38. The van der Waals surface area contributed by atoms with E-state index < -0.39 is 5.41 Å². The Morgan fingerprint density at radius 3 is 2.65 bits per heavy atom. The molecule has 1 aliphatic rings. The van der Waals surface area contributed by atoms with Crippen LogP contribution in [0.3, 0.4) is 0 Å². The van der Waals surface area contributed by atoms with E-state index in [1.807, 2.05) is 24.3 Å². The first-order chi connectivity index (χ1) is 10.9. The van der Waals surface area contributed by atoms with Crippen molar-refractivity contribution in [1.29, 1.82) is 0 Å². The Hall–Kier alpha value is -2.19. The number of hydrogen-bond acceptors (Lipinski definition) is 3. The van der Waals surface area contributed by atoms with E-state index in [2.05, 4.69) is 17.2 Å². The summed E-state index contributed by atoms with van der Waals surface area (Å²) in [4.78, 5) is 24.9. The zero-order chi connectivity index (χ0) is 16.9. The van der Waals surface area contributed by atoms with Gasteiger partial charge in [0.15, 0.2) is 0 Å². The van der Waals surface area contributed by atoms with E-state index in [1.54, 1.807) is 18.7 Å². The molecule has 0 radical (unpaired) electrons. The van der Waals surface area contributed by atoms with Gasteiger partial charge in [0.2, 0.25) is 5.91 Å². The van der Waals surface area contributed by atoms with Crippen LogP contribution in [0.1, 0.15) is 19.4 Å². The highest BCUT2D eigenvalue weighted by Gasteiger charge is 2.25. The van der Waals surface area contributed by atoms with Crippen LogP contribution in [0.5, 0.6) is 0 Å². The molecule has 0 bridgehead atoms. The molecule has 0 spiro atoms. The van der Waals surface area contributed by atoms with Gasteiger partial charge in [0, 0.05) is 17.1 Å². The molecule has 0 aromatic heterocycles. The van der Waals surface area contributed by atoms with Gasteiger partial charge in [-0.1, -0.05) is 11.8 Å². The quantitative estimate of drug-likeness (QED) is 0.679. The molecule has 1 aromatic rings. The molecule has 2 rings (SSSR count). The summed E-state index contributed by atoms with van der Waals surface area (Å²) in [5.74, 6) is 6.00. The molecule has 1 fully saturated rings. The number of rotatable bonds is 4. The third-order valence-electron chi connectivity index (χ3n) is 3.46. The SMILES string of the molecule is CC(C)(CCl)C(=O)NCC#Cc1ccc(N2CCOC2=O)cc1. The number of carbonyl (C=O) groups is 2. The van der Waals surface area contributed by atoms with Crippen LogP contribution in [0, 0.1) is 17.3 Å². The van der Waals surface area contributed by atoms with E-state index in [0.29, 0.717) is 13.2 Å². The van der Waals surface area contributed by atoms with E-state index in [1.165, 1.54) is 0 Å². The molecule has 0 saturated carbocycles. The van der Waals surface area contributed by atoms with Gasteiger partial charge in [-0.15, -0.1) is 11.6 Å². The fourth-order valence-electron chi connectivity index (χ4n) is 1.92. The Bertz CT molecular complexity index is 644. The Morgan fingerprint density at radius 1 is 1.39 bits per heavy atom. The van der Waals surface area contributed by atoms with Crippen LogP contribution in [-0.4, -0.2) is 37.6 Å². The molecule has 23 heavy (non-hydrogen) atoms. The van der Waals surface area contributed by atoms with Gasteiger partial charge >= 0.3 is 6.09 Å². The average molecular weight is 335 g/mol. The normalized spacial score (nSPS) is 14.0. The van der Waals surface area contributed by atoms with E-state index in [-0.39, 0.29) is 24.4 Å². The smallest absolute Gasteiger partial charge is 0.414 e. The van der Waals surface area contributed by atoms with Gasteiger partial charge in [0.1, 0.15) is 6.61 Å². The molecule has 2 amide bonds. The highest BCUT2D eigenvalue weighted by atomic mass is 35.5. The summed E-state index contributed by atoms with van der Waals surface area (Å²) in [7, 11) is 0. The van der Waals surface area contributed by atoms with Gasteiger partial charge in [-0.25, -0.2) is 4.79 Å².